The van der Waals surface area contributed by atoms with E-state index in [0.717, 1.165) is 12.8 Å². The maximum absolute atomic E-state index is 12.2. The van der Waals surface area contributed by atoms with Gasteiger partial charge in [0.15, 0.2) is 0 Å². The van der Waals surface area contributed by atoms with Gasteiger partial charge in [-0.25, -0.2) is 0 Å². The molecule has 114 valence electrons. The van der Waals surface area contributed by atoms with Crippen LogP contribution in [0.25, 0.3) is 0 Å². The number of aryl methyl sites for hydroxylation is 1. The van der Waals surface area contributed by atoms with Crippen LogP contribution >= 0.6 is 11.8 Å². The molecular weight excluding hydrogens is 278 g/mol. The largest absolute Gasteiger partial charge is 0.349 e. The summed E-state index contributed by atoms with van der Waals surface area (Å²) in [5.41, 5.74) is 2.74. The molecule has 1 amide bonds. The summed E-state index contributed by atoms with van der Waals surface area (Å²) in [4.78, 5) is 12.2. The van der Waals surface area contributed by atoms with Crippen molar-refractivity contribution in [1.29, 1.82) is 0 Å². The summed E-state index contributed by atoms with van der Waals surface area (Å²) in [6.07, 6.45) is 10.1. The van der Waals surface area contributed by atoms with E-state index in [2.05, 4.69) is 29.6 Å². The molecular formula is C18H25NOS. The predicted molar refractivity (Wildman–Crippen MR) is 89.6 cm³/mol. The van der Waals surface area contributed by atoms with Gasteiger partial charge in [0, 0.05) is 5.25 Å². The van der Waals surface area contributed by atoms with Gasteiger partial charge in [-0.05, 0) is 43.2 Å². The van der Waals surface area contributed by atoms with Crippen molar-refractivity contribution in [3.63, 3.8) is 0 Å². The van der Waals surface area contributed by atoms with E-state index in [-0.39, 0.29) is 11.9 Å². The number of rotatable bonds is 4. The van der Waals surface area contributed by atoms with Crippen LogP contribution in [0.1, 0.15) is 62.1 Å². The van der Waals surface area contributed by atoms with E-state index < -0.39 is 0 Å². The number of carbonyl (C=O) groups is 1. The normalized spacial score (nSPS) is 22.6. The van der Waals surface area contributed by atoms with Gasteiger partial charge < -0.3 is 5.32 Å². The summed E-state index contributed by atoms with van der Waals surface area (Å²) in [6, 6.07) is 8.79. The van der Waals surface area contributed by atoms with Crippen molar-refractivity contribution in [3.05, 3.63) is 35.4 Å². The van der Waals surface area contributed by atoms with Gasteiger partial charge >= 0.3 is 0 Å². The first-order chi connectivity index (χ1) is 10.3. The van der Waals surface area contributed by atoms with Gasteiger partial charge in [0.05, 0.1) is 11.8 Å². The lowest BCUT2D eigenvalue weighted by molar-refractivity contribution is -0.119. The molecule has 2 aliphatic rings. The molecule has 3 rings (SSSR count). The Kier molecular flexibility index (Phi) is 5.23. The summed E-state index contributed by atoms with van der Waals surface area (Å²) < 4.78 is 0. The first-order valence-corrected chi connectivity index (χ1v) is 9.36. The van der Waals surface area contributed by atoms with Crippen LogP contribution in [0.2, 0.25) is 0 Å². The van der Waals surface area contributed by atoms with Gasteiger partial charge in [-0.3, -0.25) is 4.79 Å². The van der Waals surface area contributed by atoms with E-state index >= 15 is 0 Å². The van der Waals surface area contributed by atoms with E-state index in [4.69, 9.17) is 0 Å². The Morgan fingerprint density at radius 1 is 1.10 bits per heavy atom. The van der Waals surface area contributed by atoms with Crippen molar-refractivity contribution >= 4 is 17.7 Å². The Bertz CT molecular complexity index is 482. The van der Waals surface area contributed by atoms with E-state index in [1.165, 1.54) is 49.7 Å². The molecule has 1 aromatic rings. The minimum absolute atomic E-state index is 0.215. The first kappa shape index (κ1) is 15.0. The summed E-state index contributed by atoms with van der Waals surface area (Å²) in [7, 11) is 0. The van der Waals surface area contributed by atoms with Crippen molar-refractivity contribution in [2.75, 3.05) is 5.75 Å². The summed E-state index contributed by atoms with van der Waals surface area (Å²) >= 11 is 1.86. The van der Waals surface area contributed by atoms with Crippen LogP contribution in [0.5, 0.6) is 0 Å². The zero-order valence-corrected chi connectivity index (χ0v) is 13.5. The molecule has 0 unspecified atom stereocenters. The number of amides is 1. The standard InChI is InChI=1S/C18H25NOS/c20-18(13-21-15-9-2-1-3-10-15)19-17-12-6-8-14-7-4-5-11-16(14)17/h4-5,7,11,15,17H,1-3,6,8-10,12-13H2,(H,19,20)/t17-/m0/s1. The molecule has 0 aliphatic heterocycles. The van der Waals surface area contributed by atoms with Crippen LogP contribution in [0.3, 0.4) is 0 Å². The molecule has 2 aliphatic carbocycles. The maximum atomic E-state index is 12.2. The van der Waals surface area contributed by atoms with E-state index in [1.54, 1.807) is 0 Å². The third-order valence-corrected chi connectivity index (χ3v) is 6.08. The molecule has 21 heavy (non-hydrogen) atoms. The second kappa shape index (κ2) is 7.35. The molecule has 1 N–H and O–H groups in total. The van der Waals surface area contributed by atoms with Gasteiger partial charge in [0.2, 0.25) is 5.91 Å². The second-order valence-corrected chi connectivity index (χ2v) is 7.57. The molecule has 0 aromatic heterocycles. The zero-order valence-electron chi connectivity index (χ0n) is 12.6. The molecule has 3 heteroatoms. The van der Waals surface area contributed by atoms with Crippen molar-refractivity contribution in [2.45, 2.75) is 62.7 Å². The highest BCUT2D eigenvalue weighted by molar-refractivity contribution is 8.00. The number of carbonyl (C=O) groups excluding carboxylic acids is 1. The maximum Gasteiger partial charge on any atom is 0.230 e. The molecule has 0 heterocycles. The predicted octanol–water partition coefficient (Wildman–Crippen LogP) is 4.25. The zero-order chi connectivity index (χ0) is 14.5. The minimum Gasteiger partial charge on any atom is -0.349 e. The van der Waals surface area contributed by atoms with Crippen LogP contribution in [-0.4, -0.2) is 16.9 Å². The number of fused-ring (bicyclic) bond motifs is 1. The number of thioether (sulfide) groups is 1. The number of hydrogen-bond acceptors (Lipinski definition) is 2. The third kappa shape index (κ3) is 4.03. The molecule has 1 saturated carbocycles. The molecule has 1 atom stereocenters. The topological polar surface area (TPSA) is 29.1 Å². The Labute approximate surface area is 132 Å². The monoisotopic (exact) mass is 303 g/mol. The van der Waals surface area contributed by atoms with Crippen LogP contribution in [0, 0.1) is 0 Å². The molecule has 0 saturated heterocycles. The second-order valence-electron chi connectivity index (χ2n) is 6.28. The number of hydrogen-bond donors (Lipinski definition) is 1. The molecule has 2 nitrogen and oxygen atoms in total. The van der Waals surface area contributed by atoms with Crippen LogP contribution < -0.4 is 5.32 Å². The highest BCUT2D eigenvalue weighted by Gasteiger charge is 2.22. The lowest BCUT2D eigenvalue weighted by Crippen LogP contribution is -2.32. The Balaban J connectivity index is 1.51. The summed E-state index contributed by atoms with van der Waals surface area (Å²) in [6.45, 7) is 0. The summed E-state index contributed by atoms with van der Waals surface area (Å²) in [5.74, 6) is 0.843. The van der Waals surface area contributed by atoms with Gasteiger partial charge in [0.25, 0.3) is 0 Å². The SMILES string of the molecule is O=C(CSC1CCCCC1)N[C@H]1CCCc2ccccc21. The van der Waals surface area contributed by atoms with Crippen LogP contribution in [-0.2, 0) is 11.2 Å². The Morgan fingerprint density at radius 3 is 2.76 bits per heavy atom. The molecule has 0 bridgehead atoms. The fraction of sp³-hybridized carbons (Fsp3) is 0.611. The van der Waals surface area contributed by atoms with Crippen molar-refractivity contribution in [3.8, 4) is 0 Å². The first-order valence-electron chi connectivity index (χ1n) is 8.32. The van der Waals surface area contributed by atoms with E-state index in [9.17, 15) is 4.79 Å². The molecule has 1 aromatic carbocycles. The van der Waals surface area contributed by atoms with Gasteiger partial charge in [0.1, 0.15) is 0 Å². The lowest BCUT2D eigenvalue weighted by Gasteiger charge is -2.27. The highest BCUT2D eigenvalue weighted by Crippen LogP contribution is 2.30. The van der Waals surface area contributed by atoms with E-state index in [0.29, 0.717) is 11.0 Å². The Morgan fingerprint density at radius 2 is 1.90 bits per heavy atom. The average Bonchev–Trinajstić information content (AvgIpc) is 2.54. The van der Waals surface area contributed by atoms with E-state index in [1.807, 2.05) is 11.8 Å². The smallest absolute Gasteiger partial charge is 0.230 e. The molecule has 1 fully saturated rings. The van der Waals surface area contributed by atoms with Gasteiger partial charge in [-0.2, -0.15) is 0 Å². The van der Waals surface area contributed by atoms with Crippen LogP contribution in [0.15, 0.2) is 24.3 Å². The fourth-order valence-corrected chi connectivity index (χ4v) is 4.70. The number of nitrogens with one attached hydrogen (secondary N) is 1. The fourth-order valence-electron chi connectivity index (χ4n) is 3.57. The summed E-state index contributed by atoms with van der Waals surface area (Å²) in [5, 5.41) is 3.97. The van der Waals surface area contributed by atoms with Gasteiger partial charge in [-0.1, -0.05) is 43.5 Å². The highest BCUT2D eigenvalue weighted by atomic mass is 32.2. The third-order valence-electron chi connectivity index (χ3n) is 4.71. The van der Waals surface area contributed by atoms with Crippen molar-refractivity contribution < 1.29 is 4.79 Å². The quantitative estimate of drug-likeness (QED) is 0.901. The van der Waals surface area contributed by atoms with Crippen LogP contribution in [0.4, 0.5) is 0 Å². The number of benzene rings is 1. The van der Waals surface area contributed by atoms with Crippen molar-refractivity contribution in [1.82, 2.24) is 5.32 Å². The van der Waals surface area contributed by atoms with Crippen molar-refractivity contribution in [2.24, 2.45) is 0 Å². The van der Waals surface area contributed by atoms with Gasteiger partial charge in [-0.15, -0.1) is 11.8 Å². The lowest BCUT2D eigenvalue weighted by atomic mass is 9.88. The molecule has 0 radical (unpaired) electrons. The average molecular weight is 303 g/mol. The molecule has 0 spiro atoms. The Hall–Kier alpha value is -0.960. The minimum atomic E-state index is 0.215.